The van der Waals surface area contributed by atoms with Gasteiger partial charge >= 0.3 is 6.03 Å². The number of benzene rings is 1. The third kappa shape index (κ3) is 4.32. The number of nitrogens with zero attached hydrogens (tertiary/aromatic N) is 2. The van der Waals surface area contributed by atoms with Gasteiger partial charge in [0, 0.05) is 18.4 Å². The first kappa shape index (κ1) is 16.9. The maximum absolute atomic E-state index is 13.4. The van der Waals surface area contributed by atoms with Crippen molar-refractivity contribution in [2.24, 2.45) is 0 Å². The van der Waals surface area contributed by atoms with E-state index < -0.39 is 17.9 Å². The van der Waals surface area contributed by atoms with E-state index in [1.165, 1.54) is 17.0 Å². The lowest BCUT2D eigenvalue weighted by molar-refractivity contribution is -0.121. The molecule has 2 heterocycles. The van der Waals surface area contributed by atoms with Gasteiger partial charge in [-0.2, -0.15) is 0 Å². The number of urea groups is 1. The fraction of sp³-hybridized carbons (Fsp3) is 0.278. The number of rotatable bonds is 4. The van der Waals surface area contributed by atoms with Gasteiger partial charge in [0.25, 0.3) is 0 Å². The Kier molecular flexibility index (Phi) is 5.23. The molecule has 1 aliphatic heterocycles. The summed E-state index contributed by atoms with van der Waals surface area (Å²) in [5.41, 5.74) is 1.24. The molecule has 0 unspecified atom stereocenters. The van der Waals surface area contributed by atoms with E-state index in [0.29, 0.717) is 18.7 Å². The number of piperidine rings is 1. The monoisotopic (exact) mass is 342 g/mol. The molecule has 0 bridgehead atoms. The van der Waals surface area contributed by atoms with Crippen LogP contribution in [-0.2, 0) is 11.3 Å². The molecule has 1 saturated heterocycles. The molecule has 25 heavy (non-hydrogen) atoms. The van der Waals surface area contributed by atoms with Crippen molar-refractivity contribution in [3.8, 4) is 0 Å². The molecule has 130 valence electrons. The summed E-state index contributed by atoms with van der Waals surface area (Å²) in [4.78, 5) is 30.3. The van der Waals surface area contributed by atoms with Gasteiger partial charge in [0.15, 0.2) is 0 Å². The Balaban J connectivity index is 1.58. The summed E-state index contributed by atoms with van der Waals surface area (Å²) >= 11 is 0. The van der Waals surface area contributed by atoms with Gasteiger partial charge in [0.2, 0.25) is 5.91 Å². The molecule has 0 aliphatic carbocycles. The van der Waals surface area contributed by atoms with Crippen molar-refractivity contribution in [2.45, 2.75) is 25.4 Å². The van der Waals surface area contributed by atoms with Gasteiger partial charge < -0.3 is 15.5 Å². The van der Waals surface area contributed by atoms with Gasteiger partial charge in [-0.3, -0.25) is 9.78 Å². The Hall–Kier alpha value is -2.96. The van der Waals surface area contributed by atoms with Crippen LogP contribution in [0.3, 0.4) is 0 Å². The zero-order valence-electron chi connectivity index (χ0n) is 13.6. The number of anilines is 1. The van der Waals surface area contributed by atoms with Crippen LogP contribution in [0.5, 0.6) is 0 Å². The van der Waals surface area contributed by atoms with Crippen LogP contribution in [0.2, 0.25) is 0 Å². The first-order valence-electron chi connectivity index (χ1n) is 8.15. The molecular weight excluding hydrogens is 323 g/mol. The number of amides is 3. The molecule has 3 rings (SSSR count). The first-order chi connectivity index (χ1) is 12.1. The smallest absolute Gasteiger partial charge is 0.315 e. The number of hydrogen-bond donors (Lipinski definition) is 2. The second-order valence-corrected chi connectivity index (χ2v) is 5.81. The Morgan fingerprint density at radius 2 is 2.16 bits per heavy atom. The van der Waals surface area contributed by atoms with Crippen molar-refractivity contribution in [3.05, 3.63) is 60.2 Å². The molecule has 0 radical (unpaired) electrons. The minimum absolute atomic E-state index is 0.232. The lowest BCUT2D eigenvalue weighted by atomic mass is 10.0. The minimum Gasteiger partial charge on any atom is -0.332 e. The molecule has 1 aromatic carbocycles. The summed E-state index contributed by atoms with van der Waals surface area (Å²) in [5.74, 6) is -0.627. The standard InChI is InChI=1S/C18H19FN4O2/c19-13-5-3-7-15(11-13)23-10-4-8-16(17(23)24)22-18(25)21-12-14-6-1-2-9-20-14/h1-3,5-7,9,11,16H,4,8,10,12H2,(H2,21,22,25)/t16-/m0/s1. The van der Waals surface area contributed by atoms with Gasteiger partial charge in [-0.15, -0.1) is 0 Å². The van der Waals surface area contributed by atoms with Crippen molar-refractivity contribution in [1.29, 1.82) is 0 Å². The summed E-state index contributed by atoms with van der Waals surface area (Å²) in [6.07, 6.45) is 2.94. The predicted molar refractivity (Wildman–Crippen MR) is 91.4 cm³/mol. The highest BCUT2D eigenvalue weighted by Gasteiger charge is 2.30. The Morgan fingerprint density at radius 1 is 1.28 bits per heavy atom. The van der Waals surface area contributed by atoms with E-state index in [1.807, 2.05) is 6.07 Å². The van der Waals surface area contributed by atoms with Crippen LogP contribution in [-0.4, -0.2) is 29.5 Å². The molecule has 7 heteroatoms. The number of nitrogens with one attached hydrogen (secondary N) is 2. The van der Waals surface area contributed by atoms with Crippen molar-refractivity contribution < 1.29 is 14.0 Å². The van der Waals surface area contributed by atoms with E-state index in [1.54, 1.807) is 30.5 Å². The fourth-order valence-corrected chi connectivity index (χ4v) is 2.79. The van der Waals surface area contributed by atoms with Crippen LogP contribution < -0.4 is 15.5 Å². The van der Waals surface area contributed by atoms with Gasteiger partial charge in [0.05, 0.1) is 12.2 Å². The van der Waals surface area contributed by atoms with Crippen molar-refractivity contribution in [2.75, 3.05) is 11.4 Å². The van der Waals surface area contributed by atoms with Crippen molar-refractivity contribution in [1.82, 2.24) is 15.6 Å². The SMILES string of the molecule is O=C(NCc1ccccn1)N[C@H]1CCCN(c2cccc(F)c2)C1=O. The lowest BCUT2D eigenvalue weighted by Gasteiger charge is -2.32. The number of aromatic nitrogens is 1. The zero-order valence-corrected chi connectivity index (χ0v) is 13.6. The number of pyridine rings is 1. The second kappa shape index (κ2) is 7.74. The third-order valence-electron chi connectivity index (χ3n) is 4.02. The Bertz CT molecular complexity index is 754. The highest BCUT2D eigenvalue weighted by molar-refractivity contribution is 5.99. The predicted octanol–water partition coefficient (Wildman–Crippen LogP) is 2.22. The van der Waals surface area contributed by atoms with Crippen LogP contribution in [0.25, 0.3) is 0 Å². The van der Waals surface area contributed by atoms with Crippen molar-refractivity contribution >= 4 is 17.6 Å². The quantitative estimate of drug-likeness (QED) is 0.895. The molecule has 1 fully saturated rings. The molecule has 0 saturated carbocycles. The number of hydrogen-bond acceptors (Lipinski definition) is 3. The Morgan fingerprint density at radius 3 is 2.92 bits per heavy atom. The highest BCUT2D eigenvalue weighted by atomic mass is 19.1. The van der Waals surface area contributed by atoms with E-state index in [9.17, 15) is 14.0 Å². The molecular formula is C18H19FN4O2. The van der Waals surface area contributed by atoms with Gasteiger partial charge in [-0.05, 0) is 43.2 Å². The summed E-state index contributed by atoms with van der Waals surface area (Å²) in [5, 5.41) is 5.38. The van der Waals surface area contributed by atoms with Crippen LogP contribution >= 0.6 is 0 Å². The number of carbonyl (C=O) groups is 2. The third-order valence-corrected chi connectivity index (χ3v) is 4.02. The average Bonchev–Trinajstić information content (AvgIpc) is 2.63. The fourth-order valence-electron chi connectivity index (χ4n) is 2.79. The summed E-state index contributed by atoms with van der Waals surface area (Å²) in [6.45, 7) is 0.789. The number of carbonyl (C=O) groups excluding carboxylic acids is 2. The maximum Gasteiger partial charge on any atom is 0.315 e. The molecule has 6 nitrogen and oxygen atoms in total. The summed E-state index contributed by atoms with van der Waals surface area (Å²) in [7, 11) is 0. The Labute approximate surface area is 145 Å². The van der Waals surface area contributed by atoms with Gasteiger partial charge in [-0.25, -0.2) is 9.18 Å². The van der Waals surface area contributed by atoms with Crippen LogP contribution in [0.15, 0.2) is 48.7 Å². The summed E-state index contributed by atoms with van der Waals surface area (Å²) in [6, 6.07) is 10.3. The van der Waals surface area contributed by atoms with E-state index in [4.69, 9.17) is 0 Å². The molecule has 2 aromatic rings. The topological polar surface area (TPSA) is 74.3 Å². The van der Waals surface area contributed by atoms with E-state index >= 15 is 0 Å². The van der Waals surface area contributed by atoms with E-state index in [-0.39, 0.29) is 12.5 Å². The minimum atomic E-state index is -0.624. The second-order valence-electron chi connectivity index (χ2n) is 5.81. The van der Waals surface area contributed by atoms with Gasteiger partial charge in [-0.1, -0.05) is 12.1 Å². The van der Waals surface area contributed by atoms with Gasteiger partial charge in [0.1, 0.15) is 11.9 Å². The number of halogens is 1. The van der Waals surface area contributed by atoms with Crippen LogP contribution in [0.1, 0.15) is 18.5 Å². The normalized spacial score (nSPS) is 17.2. The lowest BCUT2D eigenvalue weighted by Crippen LogP contribution is -2.54. The molecule has 1 aliphatic rings. The molecule has 2 N–H and O–H groups in total. The maximum atomic E-state index is 13.4. The molecule has 3 amide bonds. The zero-order chi connectivity index (χ0) is 17.6. The average molecular weight is 342 g/mol. The van der Waals surface area contributed by atoms with Crippen LogP contribution in [0.4, 0.5) is 14.9 Å². The molecule has 1 aromatic heterocycles. The largest absolute Gasteiger partial charge is 0.332 e. The molecule has 1 atom stereocenters. The van der Waals surface area contributed by atoms with Crippen LogP contribution in [0, 0.1) is 5.82 Å². The van der Waals surface area contributed by atoms with E-state index in [2.05, 4.69) is 15.6 Å². The first-order valence-corrected chi connectivity index (χ1v) is 8.15. The molecule has 0 spiro atoms. The van der Waals surface area contributed by atoms with Crippen molar-refractivity contribution in [3.63, 3.8) is 0 Å². The van der Waals surface area contributed by atoms with E-state index in [0.717, 1.165) is 12.1 Å². The highest BCUT2D eigenvalue weighted by Crippen LogP contribution is 2.21. The summed E-state index contributed by atoms with van der Waals surface area (Å²) < 4.78 is 13.4.